The molecule has 1 aromatic carbocycles. The van der Waals surface area contributed by atoms with Gasteiger partial charge in [0.2, 0.25) is 5.88 Å². The molecule has 1 heterocycles. The molecule has 0 saturated carbocycles. The first-order valence-electron chi connectivity index (χ1n) is 6.36. The Labute approximate surface area is 130 Å². The number of hydrogen-bond acceptors (Lipinski definition) is 5. The number of anilines is 1. The van der Waals surface area contributed by atoms with E-state index in [1.807, 2.05) is 13.0 Å². The Balaban J connectivity index is 2.20. The van der Waals surface area contributed by atoms with E-state index in [1.54, 1.807) is 24.4 Å². The first-order chi connectivity index (χ1) is 10.1. The van der Waals surface area contributed by atoms with E-state index in [1.165, 1.54) is 6.07 Å². The number of benzene rings is 1. The summed E-state index contributed by atoms with van der Waals surface area (Å²) in [6, 6.07) is 8.45. The lowest BCUT2D eigenvalue weighted by atomic mass is 10.2. The number of aromatic nitrogens is 1. The smallest absolute Gasteiger partial charge is 0.274 e. The van der Waals surface area contributed by atoms with Crippen molar-refractivity contribution < 1.29 is 9.66 Å². The number of pyridine rings is 1. The minimum Gasteiger partial charge on any atom is -0.476 e. The molecule has 0 aliphatic heterocycles. The average molecular weight is 352 g/mol. The molecule has 21 heavy (non-hydrogen) atoms. The Bertz CT molecular complexity index is 649. The third-order valence-corrected chi connectivity index (χ3v) is 3.25. The number of nitrogens with one attached hydrogen (secondary N) is 1. The van der Waals surface area contributed by atoms with Gasteiger partial charge in [-0.3, -0.25) is 10.1 Å². The van der Waals surface area contributed by atoms with Gasteiger partial charge in [-0.15, -0.1) is 0 Å². The zero-order valence-corrected chi connectivity index (χ0v) is 13.0. The van der Waals surface area contributed by atoms with Crippen LogP contribution in [0.4, 0.5) is 11.4 Å². The molecule has 0 amide bonds. The molecule has 0 spiro atoms. The quantitative estimate of drug-likeness (QED) is 0.633. The molecule has 0 atom stereocenters. The van der Waals surface area contributed by atoms with Crippen LogP contribution in [-0.2, 0) is 6.54 Å². The summed E-state index contributed by atoms with van der Waals surface area (Å²) in [7, 11) is 0. The van der Waals surface area contributed by atoms with Crippen molar-refractivity contribution in [1.29, 1.82) is 0 Å². The first kappa shape index (κ1) is 15.2. The number of nitro groups is 1. The van der Waals surface area contributed by atoms with E-state index in [-0.39, 0.29) is 5.69 Å². The first-order valence-corrected chi connectivity index (χ1v) is 7.15. The summed E-state index contributed by atoms with van der Waals surface area (Å²) in [6.07, 6.45) is 1.64. The minimum atomic E-state index is -0.393. The van der Waals surface area contributed by atoms with Crippen molar-refractivity contribution in [3.63, 3.8) is 0 Å². The van der Waals surface area contributed by atoms with Crippen molar-refractivity contribution in [3.05, 3.63) is 56.7 Å². The summed E-state index contributed by atoms with van der Waals surface area (Å²) >= 11 is 3.32. The van der Waals surface area contributed by atoms with Crippen LogP contribution >= 0.6 is 15.9 Å². The fraction of sp³-hybridized carbons (Fsp3) is 0.214. The van der Waals surface area contributed by atoms with Crippen molar-refractivity contribution in [2.75, 3.05) is 11.9 Å². The predicted octanol–water partition coefficient (Wildman–Crippen LogP) is 3.76. The molecular formula is C14H14BrN3O3. The van der Waals surface area contributed by atoms with Crippen LogP contribution in [0, 0.1) is 10.1 Å². The molecule has 0 saturated heterocycles. The topological polar surface area (TPSA) is 77.3 Å². The second-order valence-electron chi connectivity index (χ2n) is 4.17. The Hall–Kier alpha value is -2.15. The predicted molar refractivity (Wildman–Crippen MR) is 83.5 cm³/mol. The van der Waals surface area contributed by atoms with Crippen LogP contribution in [-0.4, -0.2) is 16.5 Å². The molecule has 0 radical (unpaired) electrons. The third kappa shape index (κ3) is 3.91. The van der Waals surface area contributed by atoms with E-state index in [9.17, 15) is 10.1 Å². The Morgan fingerprint density at radius 1 is 1.43 bits per heavy atom. The summed E-state index contributed by atoms with van der Waals surface area (Å²) in [4.78, 5) is 14.8. The lowest BCUT2D eigenvalue weighted by molar-refractivity contribution is -0.385. The summed E-state index contributed by atoms with van der Waals surface area (Å²) in [6.45, 7) is 2.68. The van der Waals surface area contributed by atoms with Crippen LogP contribution in [0.25, 0.3) is 0 Å². The van der Waals surface area contributed by atoms with Gasteiger partial charge in [0, 0.05) is 28.8 Å². The average Bonchev–Trinajstić information content (AvgIpc) is 2.46. The maximum absolute atomic E-state index is 11.0. The fourth-order valence-corrected chi connectivity index (χ4v) is 2.25. The van der Waals surface area contributed by atoms with Gasteiger partial charge in [-0.1, -0.05) is 15.9 Å². The Morgan fingerprint density at radius 2 is 2.24 bits per heavy atom. The number of ether oxygens (including phenoxy) is 1. The fourth-order valence-electron chi connectivity index (χ4n) is 1.84. The van der Waals surface area contributed by atoms with Gasteiger partial charge in [0.15, 0.2) is 0 Å². The van der Waals surface area contributed by atoms with E-state index < -0.39 is 4.92 Å². The molecule has 7 heteroatoms. The molecule has 0 unspecified atom stereocenters. The van der Waals surface area contributed by atoms with Gasteiger partial charge in [0.05, 0.1) is 17.2 Å². The molecule has 1 N–H and O–H groups in total. The number of rotatable bonds is 6. The Kier molecular flexibility index (Phi) is 5.10. The standard InChI is InChI=1S/C14H14BrN3O3/c1-2-21-14-12(4-3-7-16-14)17-9-10-8-11(15)5-6-13(10)18(19)20/h3-8,17H,2,9H2,1H3. The van der Waals surface area contributed by atoms with E-state index in [4.69, 9.17) is 4.74 Å². The van der Waals surface area contributed by atoms with Gasteiger partial charge in [0.25, 0.3) is 5.69 Å². The molecule has 0 aliphatic carbocycles. The molecule has 0 fully saturated rings. The number of hydrogen-bond donors (Lipinski definition) is 1. The van der Waals surface area contributed by atoms with Crippen molar-refractivity contribution >= 4 is 27.3 Å². The largest absolute Gasteiger partial charge is 0.476 e. The van der Waals surface area contributed by atoms with E-state index >= 15 is 0 Å². The zero-order chi connectivity index (χ0) is 15.2. The van der Waals surface area contributed by atoms with Gasteiger partial charge < -0.3 is 10.1 Å². The van der Waals surface area contributed by atoms with Crippen LogP contribution in [0.2, 0.25) is 0 Å². The highest BCUT2D eigenvalue weighted by molar-refractivity contribution is 9.10. The van der Waals surface area contributed by atoms with Gasteiger partial charge in [-0.05, 0) is 31.2 Å². The maximum Gasteiger partial charge on any atom is 0.274 e. The highest BCUT2D eigenvalue weighted by atomic mass is 79.9. The number of halogens is 1. The molecule has 2 aromatic rings. The highest BCUT2D eigenvalue weighted by Crippen LogP contribution is 2.26. The summed E-state index contributed by atoms with van der Waals surface area (Å²) in [5.74, 6) is 0.484. The van der Waals surface area contributed by atoms with Crippen molar-refractivity contribution in [3.8, 4) is 5.88 Å². The number of nitro benzene ring substituents is 1. The summed E-state index contributed by atoms with van der Waals surface area (Å²) in [5, 5.41) is 14.2. The van der Waals surface area contributed by atoms with Crippen LogP contribution in [0.5, 0.6) is 5.88 Å². The SMILES string of the molecule is CCOc1ncccc1NCc1cc(Br)ccc1[N+](=O)[O-]. The molecule has 0 bridgehead atoms. The van der Waals surface area contributed by atoms with Crippen LogP contribution < -0.4 is 10.1 Å². The summed E-state index contributed by atoms with van der Waals surface area (Å²) < 4.78 is 6.20. The van der Waals surface area contributed by atoms with Crippen molar-refractivity contribution in [2.24, 2.45) is 0 Å². The molecule has 6 nitrogen and oxygen atoms in total. The highest BCUT2D eigenvalue weighted by Gasteiger charge is 2.14. The van der Waals surface area contributed by atoms with Gasteiger partial charge >= 0.3 is 0 Å². The normalized spacial score (nSPS) is 10.2. The maximum atomic E-state index is 11.0. The van der Waals surface area contributed by atoms with E-state index in [2.05, 4.69) is 26.2 Å². The van der Waals surface area contributed by atoms with Gasteiger partial charge in [-0.25, -0.2) is 4.98 Å². The molecule has 1 aromatic heterocycles. The van der Waals surface area contributed by atoms with Gasteiger partial charge in [0.1, 0.15) is 0 Å². The number of nitrogens with zero attached hydrogens (tertiary/aromatic N) is 2. The molecule has 2 rings (SSSR count). The summed E-state index contributed by atoms with van der Waals surface area (Å²) in [5.41, 5.74) is 1.36. The second-order valence-corrected chi connectivity index (χ2v) is 5.09. The van der Waals surface area contributed by atoms with Crippen LogP contribution in [0.1, 0.15) is 12.5 Å². The monoisotopic (exact) mass is 351 g/mol. The van der Waals surface area contributed by atoms with Gasteiger partial charge in [-0.2, -0.15) is 0 Å². The molecule has 0 aliphatic rings. The molecular weight excluding hydrogens is 338 g/mol. The Morgan fingerprint density at radius 3 is 2.95 bits per heavy atom. The lowest BCUT2D eigenvalue weighted by Gasteiger charge is -2.11. The zero-order valence-electron chi connectivity index (χ0n) is 11.4. The third-order valence-electron chi connectivity index (χ3n) is 2.76. The van der Waals surface area contributed by atoms with E-state index in [0.29, 0.717) is 30.3 Å². The van der Waals surface area contributed by atoms with Crippen LogP contribution in [0.3, 0.4) is 0 Å². The molecule has 110 valence electrons. The second kappa shape index (κ2) is 7.03. The minimum absolute atomic E-state index is 0.0764. The van der Waals surface area contributed by atoms with E-state index in [0.717, 1.165) is 4.47 Å². The van der Waals surface area contributed by atoms with Crippen molar-refractivity contribution in [1.82, 2.24) is 4.98 Å². The van der Waals surface area contributed by atoms with Crippen LogP contribution in [0.15, 0.2) is 41.0 Å². The lowest BCUT2D eigenvalue weighted by Crippen LogP contribution is -2.06. The van der Waals surface area contributed by atoms with Crippen molar-refractivity contribution in [2.45, 2.75) is 13.5 Å².